The van der Waals surface area contributed by atoms with E-state index in [0.717, 1.165) is 31.3 Å². The van der Waals surface area contributed by atoms with Gasteiger partial charge in [-0.1, -0.05) is 38.0 Å². The first kappa shape index (κ1) is 23.6. The quantitative estimate of drug-likeness (QED) is 0.437. The SMILES string of the molecule is CC1=C(CO)C(=O)OC(C(C)C2CCC3C4CC=C5CC(O)CC(O)C5(C)C4CCC23C)C1. The van der Waals surface area contributed by atoms with Crippen molar-refractivity contribution in [3.05, 3.63) is 22.8 Å². The fraction of sp³-hybridized carbons (Fsp3) is 0.821. The van der Waals surface area contributed by atoms with E-state index in [1.807, 2.05) is 6.92 Å². The van der Waals surface area contributed by atoms with Crippen molar-refractivity contribution < 1.29 is 24.9 Å². The van der Waals surface area contributed by atoms with Crippen molar-refractivity contribution in [1.82, 2.24) is 0 Å². The molecule has 3 N–H and O–H groups in total. The highest BCUT2D eigenvalue weighted by Gasteiger charge is 2.61. The summed E-state index contributed by atoms with van der Waals surface area (Å²) in [5, 5.41) is 30.9. The molecule has 1 aliphatic heterocycles. The Morgan fingerprint density at radius 3 is 2.61 bits per heavy atom. The monoisotopic (exact) mass is 458 g/mol. The van der Waals surface area contributed by atoms with Gasteiger partial charge in [-0.3, -0.25) is 0 Å². The van der Waals surface area contributed by atoms with Crippen LogP contribution in [0.4, 0.5) is 0 Å². The number of allylic oxidation sites excluding steroid dienone is 1. The fourth-order valence-electron chi connectivity index (χ4n) is 9.21. The first-order chi connectivity index (χ1) is 15.6. The Hall–Kier alpha value is -1.17. The van der Waals surface area contributed by atoms with Crippen LogP contribution >= 0.6 is 0 Å². The second kappa shape index (κ2) is 8.20. The van der Waals surface area contributed by atoms with E-state index in [9.17, 15) is 20.1 Å². The molecule has 0 aromatic rings. The Morgan fingerprint density at radius 1 is 1.15 bits per heavy atom. The summed E-state index contributed by atoms with van der Waals surface area (Å²) in [6.07, 6.45) is 9.05. The molecule has 5 aliphatic rings. The molecule has 4 aliphatic carbocycles. The van der Waals surface area contributed by atoms with Crippen LogP contribution in [0.5, 0.6) is 0 Å². The van der Waals surface area contributed by atoms with Gasteiger partial charge < -0.3 is 20.1 Å². The average Bonchev–Trinajstić information content (AvgIpc) is 3.11. The Bertz CT molecular complexity index is 876. The van der Waals surface area contributed by atoms with Crippen molar-refractivity contribution in [3.8, 4) is 0 Å². The molecule has 0 spiro atoms. The lowest BCUT2D eigenvalue weighted by Crippen LogP contribution is -2.56. The summed E-state index contributed by atoms with van der Waals surface area (Å²) in [4.78, 5) is 12.5. The fourth-order valence-corrected chi connectivity index (χ4v) is 9.21. The number of aliphatic hydroxyl groups excluding tert-OH is 3. The van der Waals surface area contributed by atoms with E-state index in [1.54, 1.807) is 0 Å². The second-order valence-electron chi connectivity index (χ2n) is 12.4. The van der Waals surface area contributed by atoms with Crippen molar-refractivity contribution in [2.45, 2.75) is 97.4 Å². The zero-order valence-electron chi connectivity index (χ0n) is 20.7. The van der Waals surface area contributed by atoms with Crippen molar-refractivity contribution in [2.75, 3.05) is 6.61 Å². The second-order valence-corrected chi connectivity index (χ2v) is 12.4. The summed E-state index contributed by atoms with van der Waals surface area (Å²) < 4.78 is 5.85. The molecule has 184 valence electrons. The van der Waals surface area contributed by atoms with Gasteiger partial charge in [0.15, 0.2) is 0 Å². The molecule has 0 saturated heterocycles. The summed E-state index contributed by atoms with van der Waals surface area (Å²) in [5.74, 6) is 2.15. The van der Waals surface area contributed by atoms with Crippen LogP contribution in [0, 0.1) is 40.4 Å². The van der Waals surface area contributed by atoms with E-state index in [4.69, 9.17) is 4.74 Å². The first-order valence-corrected chi connectivity index (χ1v) is 13.2. The van der Waals surface area contributed by atoms with Gasteiger partial charge in [0, 0.05) is 18.3 Å². The smallest absolute Gasteiger partial charge is 0.336 e. The standard InChI is InChI=1S/C28H42O5/c1-15-11-24(33-26(32)20(15)14-29)16(2)21-7-8-22-19-6-5-17-12-18(30)13-25(31)28(17,4)23(19)9-10-27(21,22)3/h5,16,18-19,21-25,29-31H,6-14H2,1-4H3. The number of ether oxygens (including phenoxy) is 1. The van der Waals surface area contributed by atoms with Crippen molar-refractivity contribution in [1.29, 1.82) is 0 Å². The summed E-state index contributed by atoms with van der Waals surface area (Å²) in [6.45, 7) is 8.73. The third kappa shape index (κ3) is 3.40. The molecule has 0 radical (unpaired) electrons. The minimum Gasteiger partial charge on any atom is -0.458 e. The molecule has 5 rings (SSSR count). The molecule has 5 heteroatoms. The third-order valence-electron chi connectivity index (χ3n) is 11.2. The molecule has 33 heavy (non-hydrogen) atoms. The number of rotatable bonds is 3. The van der Waals surface area contributed by atoms with Gasteiger partial charge in [0.25, 0.3) is 0 Å². The highest BCUT2D eigenvalue weighted by Crippen LogP contribution is 2.67. The molecule has 10 atom stereocenters. The first-order valence-electron chi connectivity index (χ1n) is 13.2. The Balaban J connectivity index is 1.38. The van der Waals surface area contributed by atoms with E-state index in [2.05, 4.69) is 26.8 Å². The van der Waals surface area contributed by atoms with E-state index in [-0.39, 0.29) is 35.4 Å². The molecule has 3 saturated carbocycles. The predicted molar refractivity (Wildman–Crippen MR) is 126 cm³/mol. The van der Waals surface area contributed by atoms with Crippen LogP contribution in [0.15, 0.2) is 22.8 Å². The number of fused-ring (bicyclic) bond motifs is 5. The number of hydrogen-bond acceptors (Lipinski definition) is 5. The number of aliphatic hydroxyl groups is 3. The van der Waals surface area contributed by atoms with Gasteiger partial charge in [0.2, 0.25) is 0 Å². The molecule has 0 amide bonds. The lowest BCUT2D eigenvalue weighted by Gasteiger charge is -2.59. The number of carbonyl (C=O) groups is 1. The molecular weight excluding hydrogens is 416 g/mol. The maximum Gasteiger partial charge on any atom is 0.336 e. The maximum absolute atomic E-state index is 12.5. The molecule has 3 fully saturated rings. The molecule has 10 unspecified atom stereocenters. The van der Waals surface area contributed by atoms with Crippen LogP contribution in [0.25, 0.3) is 0 Å². The van der Waals surface area contributed by atoms with Crippen LogP contribution in [-0.4, -0.2) is 46.2 Å². The van der Waals surface area contributed by atoms with Crippen LogP contribution < -0.4 is 0 Å². The van der Waals surface area contributed by atoms with Gasteiger partial charge in [-0.2, -0.15) is 0 Å². The summed E-state index contributed by atoms with van der Waals surface area (Å²) >= 11 is 0. The van der Waals surface area contributed by atoms with Crippen LogP contribution in [0.1, 0.15) is 79.1 Å². The average molecular weight is 459 g/mol. The van der Waals surface area contributed by atoms with E-state index >= 15 is 0 Å². The molecule has 0 aromatic heterocycles. The lowest BCUT2D eigenvalue weighted by molar-refractivity contribution is -0.152. The normalized spacial score (nSPS) is 48.4. The van der Waals surface area contributed by atoms with Gasteiger partial charge >= 0.3 is 5.97 Å². The van der Waals surface area contributed by atoms with Crippen molar-refractivity contribution >= 4 is 5.97 Å². The third-order valence-corrected chi connectivity index (χ3v) is 11.2. The minimum atomic E-state index is -0.460. The molecule has 1 heterocycles. The van der Waals surface area contributed by atoms with Crippen LogP contribution in [-0.2, 0) is 9.53 Å². The topological polar surface area (TPSA) is 87.0 Å². The molecular formula is C28H42O5. The summed E-state index contributed by atoms with van der Waals surface area (Å²) in [5.41, 5.74) is 2.72. The van der Waals surface area contributed by atoms with Crippen LogP contribution in [0.2, 0.25) is 0 Å². The predicted octanol–water partition coefficient (Wildman–Crippen LogP) is 4.16. The molecule has 0 bridgehead atoms. The number of esters is 1. The zero-order valence-corrected chi connectivity index (χ0v) is 20.7. The Labute approximate surface area is 198 Å². The summed E-state index contributed by atoms with van der Waals surface area (Å²) in [7, 11) is 0. The van der Waals surface area contributed by atoms with Crippen molar-refractivity contribution in [3.63, 3.8) is 0 Å². The van der Waals surface area contributed by atoms with E-state index in [0.29, 0.717) is 42.1 Å². The van der Waals surface area contributed by atoms with E-state index in [1.165, 1.54) is 18.4 Å². The maximum atomic E-state index is 12.5. The van der Waals surface area contributed by atoms with Crippen LogP contribution in [0.3, 0.4) is 0 Å². The number of carbonyl (C=O) groups excluding carboxylic acids is 1. The Morgan fingerprint density at radius 2 is 1.91 bits per heavy atom. The van der Waals surface area contributed by atoms with Gasteiger partial charge in [0.1, 0.15) is 6.10 Å². The summed E-state index contributed by atoms with van der Waals surface area (Å²) in [6, 6.07) is 0. The van der Waals surface area contributed by atoms with Gasteiger partial charge in [-0.25, -0.2) is 4.79 Å². The largest absolute Gasteiger partial charge is 0.458 e. The number of hydrogen-bond donors (Lipinski definition) is 3. The molecule has 0 aromatic carbocycles. The Kier molecular flexibility index (Phi) is 5.86. The number of cyclic esters (lactones) is 1. The van der Waals surface area contributed by atoms with Gasteiger partial charge in [-0.05, 0) is 80.5 Å². The van der Waals surface area contributed by atoms with Crippen molar-refractivity contribution in [2.24, 2.45) is 40.4 Å². The highest BCUT2D eigenvalue weighted by atomic mass is 16.5. The van der Waals surface area contributed by atoms with Gasteiger partial charge in [0.05, 0.1) is 24.4 Å². The van der Waals surface area contributed by atoms with E-state index < -0.39 is 12.2 Å². The zero-order chi connectivity index (χ0) is 23.7. The molecule has 5 nitrogen and oxygen atoms in total. The van der Waals surface area contributed by atoms with Gasteiger partial charge in [-0.15, -0.1) is 0 Å². The lowest BCUT2D eigenvalue weighted by atomic mass is 9.46. The highest BCUT2D eigenvalue weighted by molar-refractivity contribution is 5.90. The minimum absolute atomic E-state index is 0.108.